The number of aromatic nitrogens is 1. The Hall–Kier alpha value is -0.370. The monoisotopic (exact) mass is 197 g/mol. The van der Waals surface area contributed by atoms with E-state index in [0.29, 0.717) is 0 Å². The van der Waals surface area contributed by atoms with Crippen LogP contribution >= 0.6 is 15.9 Å². The van der Waals surface area contributed by atoms with Gasteiger partial charge in [0.15, 0.2) is 0 Å². The highest BCUT2D eigenvalue weighted by Crippen LogP contribution is 2.42. The zero-order chi connectivity index (χ0) is 6.97. The van der Waals surface area contributed by atoms with E-state index < -0.39 is 0 Å². The summed E-state index contributed by atoms with van der Waals surface area (Å²) in [5.41, 5.74) is 1.38. The number of halogens is 1. The van der Waals surface area contributed by atoms with E-state index in [2.05, 4.69) is 27.0 Å². The summed E-state index contributed by atoms with van der Waals surface area (Å²) in [6, 6.07) is 4.15. The summed E-state index contributed by atoms with van der Waals surface area (Å²) >= 11 is 3.43. The van der Waals surface area contributed by atoms with Gasteiger partial charge in [-0.05, 0) is 46.3 Å². The van der Waals surface area contributed by atoms with Crippen LogP contribution in [0.15, 0.2) is 22.9 Å². The standard InChI is InChI=1S/C8H8BrN/c9-8-7(6-3-4-6)2-1-5-10-8/h1-2,5-6H,3-4H2. The molecule has 1 saturated carbocycles. The van der Waals surface area contributed by atoms with Crippen molar-refractivity contribution in [1.29, 1.82) is 0 Å². The third kappa shape index (κ3) is 1.08. The molecular formula is C8H8BrN. The van der Waals surface area contributed by atoms with E-state index in [-0.39, 0.29) is 0 Å². The number of rotatable bonds is 1. The fraction of sp³-hybridized carbons (Fsp3) is 0.375. The molecule has 0 N–H and O–H groups in total. The third-order valence-corrected chi connectivity index (χ3v) is 2.47. The molecule has 0 aliphatic heterocycles. The fourth-order valence-electron chi connectivity index (χ4n) is 1.10. The van der Waals surface area contributed by atoms with Gasteiger partial charge < -0.3 is 0 Å². The van der Waals surface area contributed by atoms with Gasteiger partial charge >= 0.3 is 0 Å². The smallest absolute Gasteiger partial charge is 0.109 e. The van der Waals surface area contributed by atoms with Crippen LogP contribution < -0.4 is 0 Å². The van der Waals surface area contributed by atoms with Gasteiger partial charge in [-0.25, -0.2) is 4.98 Å². The molecule has 1 fully saturated rings. The lowest BCUT2D eigenvalue weighted by atomic mass is 10.2. The highest BCUT2D eigenvalue weighted by molar-refractivity contribution is 9.10. The lowest BCUT2D eigenvalue weighted by Crippen LogP contribution is -1.83. The van der Waals surface area contributed by atoms with Crippen LogP contribution in [0, 0.1) is 0 Å². The molecule has 0 radical (unpaired) electrons. The Morgan fingerprint density at radius 2 is 2.30 bits per heavy atom. The van der Waals surface area contributed by atoms with Crippen molar-refractivity contribution in [3.05, 3.63) is 28.5 Å². The molecular weight excluding hydrogens is 190 g/mol. The van der Waals surface area contributed by atoms with Crippen LogP contribution in [0.2, 0.25) is 0 Å². The number of hydrogen-bond acceptors (Lipinski definition) is 1. The van der Waals surface area contributed by atoms with Crippen molar-refractivity contribution in [3.8, 4) is 0 Å². The highest BCUT2D eigenvalue weighted by Gasteiger charge is 2.25. The van der Waals surface area contributed by atoms with Crippen LogP contribution in [-0.2, 0) is 0 Å². The summed E-state index contributed by atoms with van der Waals surface area (Å²) in [7, 11) is 0. The van der Waals surface area contributed by atoms with E-state index >= 15 is 0 Å². The first-order valence-electron chi connectivity index (χ1n) is 3.48. The molecule has 0 amide bonds. The SMILES string of the molecule is Brc1ncccc1C1CC1. The predicted octanol–water partition coefficient (Wildman–Crippen LogP) is 2.72. The zero-order valence-corrected chi connectivity index (χ0v) is 7.13. The number of pyridine rings is 1. The summed E-state index contributed by atoms with van der Waals surface area (Å²) in [5, 5.41) is 0. The molecule has 52 valence electrons. The first kappa shape index (κ1) is 6.35. The van der Waals surface area contributed by atoms with Crippen LogP contribution in [-0.4, -0.2) is 4.98 Å². The lowest BCUT2D eigenvalue weighted by Gasteiger charge is -1.97. The van der Waals surface area contributed by atoms with Gasteiger partial charge in [0.1, 0.15) is 4.60 Å². The third-order valence-electron chi connectivity index (χ3n) is 1.81. The quantitative estimate of drug-likeness (QED) is 0.632. The molecule has 0 spiro atoms. The fourth-order valence-corrected chi connectivity index (χ4v) is 1.67. The maximum absolute atomic E-state index is 4.16. The average molecular weight is 198 g/mol. The molecule has 0 aromatic carbocycles. The van der Waals surface area contributed by atoms with Crippen LogP contribution in [0.1, 0.15) is 24.3 Å². The zero-order valence-electron chi connectivity index (χ0n) is 5.55. The van der Waals surface area contributed by atoms with Gasteiger partial charge in [0, 0.05) is 6.20 Å². The lowest BCUT2D eigenvalue weighted by molar-refractivity contribution is 1.07. The molecule has 1 heterocycles. The molecule has 0 bridgehead atoms. The van der Waals surface area contributed by atoms with Gasteiger partial charge in [0.25, 0.3) is 0 Å². The van der Waals surface area contributed by atoms with Crippen molar-refractivity contribution in [2.75, 3.05) is 0 Å². The first-order valence-corrected chi connectivity index (χ1v) is 4.27. The minimum Gasteiger partial charge on any atom is -0.249 e. The van der Waals surface area contributed by atoms with Gasteiger partial charge in [-0.1, -0.05) is 6.07 Å². The molecule has 1 nitrogen and oxygen atoms in total. The minimum atomic E-state index is 0.795. The van der Waals surface area contributed by atoms with Gasteiger partial charge in [0.2, 0.25) is 0 Å². The van der Waals surface area contributed by atoms with Gasteiger partial charge in [-0.2, -0.15) is 0 Å². The molecule has 1 aliphatic rings. The van der Waals surface area contributed by atoms with E-state index in [1.807, 2.05) is 12.3 Å². The summed E-state index contributed by atoms with van der Waals surface area (Å²) in [4.78, 5) is 4.16. The Bertz CT molecular complexity index is 243. The summed E-state index contributed by atoms with van der Waals surface area (Å²) in [5.74, 6) is 0.795. The minimum absolute atomic E-state index is 0.795. The Balaban J connectivity index is 2.39. The van der Waals surface area contributed by atoms with Crippen LogP contribution in [0.25, 0.3) is 0 Å². The molecule has 2 rings (SSSR count). The Labute approximate surface area is 68.6 Å². The van der Waals surface area contributed by atoms with E-state index in [4.69, 9.17) is 0 Å². The van der Waals surface area contributed by atoms with Crippen molar-refractivity contribution in [3.63, 3.8) is 0 Å². The van der Waals surface area contributed by atoms with Gasteiger partial charge in [-0.3, -0.25) is 0 Å². The van der Waals surface area contributed by atoms with Crippen molar-refractivity contribution >= 4 is 15.9 Å². The van der Waals surface area contributed by atoms with E-state index in [1.54, 1.807) is 0 Å². The van der Waals surface area contributed by atoms with Crippen molar-refractivity contribution < 1.29 is 0 Å². The second-order valence-electron chi connectivity index (χ2n) is 2.66. The van der Waals surface area contributed by atoms with E-state index in [1.165, 1.54) is 18.4 Å². The van der Waals surface area contributed by atoms with Gasteiger partial charge in [-0.15, -0.1) is 0 Å². The largest absolute Gasteiger partial charge is 0.249 e. The second kappa shape index (κ2) is 2.35. The summed E-state index contributed by atoms with van der Waals surface area (Å²) < 4.78 is 1.03. The van der Waals surface area contributed by atoms with Crippen molar-refractivity contribution in [1.82, 2.24) is 4.98 Å². The second-order valence-corrected chi connectivity index (χ2v) is 3.41. The van der Waals surface area contributed by atoms with E-state index in [9.17, 15) is 0 Å². The molecule has 2 heteroatoms. The number of hydrogen-bond donors (Lipinski definition) is 0. The Morgan fingerprint density at radius 1 is 1.50 bits per heavy atom. The molecule has 10 heavy (non-hydrogen) atoms. The molecule has 1 aliphatic carbocycles. The Morgan fingerprint density at radius 3 is 2.90 bits per heavy atom. The first-order chi connectivity index (χ1) is 4.88. The molecule has 1 aromatic heterocycles. The Kier molecular flexibility index (Phi) is 1.49. The highest BCUT2D eigenvalue weighted by atomic mass is 79.9. The topological polar surface area (TPSA) is 12.9 Å². The van der Waals surface area contributed by atoms with E-state index in [0.717, 1.165) is 10.5 Å². The molecule has 0 saturated heterocycles. The normalized spacial score (nSPS) is 17.3. The van der Waals surface area contributed by atoms with Crippen molar-refractivity contribution in [2.24, 2.45) is 0 Å². The molecule has 0 atom stereocenters. The summed E-state index contributed by atoms with van der Waals surface area (Å²) in [6.07, 6.45) is 4.49. The molecule has 0 unspecified atom stereocenters. The van der Waals surface area contributed by atoms with Crippen LogP contribution in [0.4, 0.5) is 0 Å². The molecule has 1 aromatic rings. The van der Waals surface area contributed by atoms with Crippen LogP contribution in [0.3, 0.4) is 0 Å². The summed E-state index contributed by atoms with van der Waals surface area (Å²) in [6.45, 7) is 0. The maximum atomic E-state index is 4.16. The number of nitrogens with zero attached hydrogens (tertiary/aromatic N) is 1. The van der Waals surface area contributed by atoms with Gasteiger partial charge in [0.05, 0.1) is 0 Å². The van der Waals surface area contributed by atoms with Crippen molar-refractivity contribution in [2.45, 2.75) is 18.8 Å². The predicted molar refractivity (Wildman–Crippen MR) is 43.9 cm³/mol. The average Bonchev–Trinajstić information content (AvgIpc) is 2.71. The van der Waals surface area contributed by atoms with Crippen LogP contribution in [0.5, 0.6) is 0 Å². The maximum Gasteiger partial charge on any atom is 0.109 e.